The SMILES string of the molecule is COc1cc2n(c(=O)n1)CCc1cc(COCC3CCOCC3)ccc1-2. The molecule has 1 saturated heterocycles. The van der Waals surface area contributed by atoms with E-state index in [0.717, 1.165) is 50.3 Å². The summed E-state index contributed by atoms with van der Waals surface area (Å²) < 4.78 is 18.2. The van der Waals surface area contributed by atoms with Gasteiger partial charge in [-0.05, 0) is 36.3 Å². The van der Waals surface area contributed by atoms with Gasteiger partial charge in [0.15, 0.2) is 0 Å². The molecule has 0 saturated carbocycles. The third-order valence-electron chi connectivity index (χ3n) is 5.21. The second-order valence-electron chi connectivity index (χ2n) is 6.93. The van der Waals surface area contributed by atoms with Crippen LogP contribution in [0.1, 0.15) is 24.0 Å². The minimum absolute atomic E-state index is 0.256. The first-order valence-electron chi connectivity index (χ1n) is 9.18. The van der Waals surface area contributed by atoms with E-state index in [1.807, 2.05) is 6.07 Å². The van der Waals surface area contributed by atoms with Gasteiger partial charge >= 0.3 is 5.69 Å². The summed E-state index contributed by atoms with van der Waals surface area (Å²) in [6.45, 7) is 3.76. The molecule has 6 nitrogen and oxygen atoms in total. The third-order valence-corrected chi connectivity index (χ3v) is 5.21. The van der Waals surface area contributed by atoms with Crippen LogP contribution in [0.25, 0.3) is 11.3 Å². The van der Waals surface area contributed by atoms with Crippen molar-refractivity contribution in [2.24, 2.45) is 5.92 Å². The number of nitrogens with zero attached hydrogens (tertiary/aromatic N) is 2. The van der Waals surface area contributed by atoms with Crippen LogP contribution in [0, 0.1) is 5.92 Å². The first kappa shape index (κ1) is 17.2. The predicted molar refractivity (Wildman–Crippen MR) is 97.4 cm³/mol. The molecule has 0 atom stereocenters. The van der Waals surface area contributed by atoms with E-state index in [1.165, 1.54) is 18.2 Å². The summed E-state index contributed by atoms with van der Waals surface area (Å²) in [4.78, 5) is 16.1. The molecule has 0 N–H and O–H groups in total. The van der Waals surface area contributed by atoms with Crippen molar-refractivity contribution in [3.63, 3.8) is 0 Å². The number of hydrogen-bond donors (Lipinski definition) is 0. The van der Waals surface area contributed by atoms with Gasteiger partial charge in [0.1, 0.15) is 0 Å². The van der Waals surface area contributed by atoms with E-state index >= 15 is 0 Å². The molecule has 1 aromatic heterocycles. The molecule has 3 heterocycles. The summed E-state index contributed by atoms with van der Waals surface area (Å²) in [7, 11) is 1.53. The lowest BCUT2D eigenvalue weighted by Crippen LogP contribution is -2.28. The van der Waals surface area contributed by atoms with Gasteiger partial charge < -0.3 is 14.2 Å². The fourth-order valence-corrected chi connectivity index (χ4v) is 3.71. The number of ether oxygens (including phenoxy) is 3. The highest BCUT2D eigenvalue weighted by Crippen LogP contribution is 2.30. The number of fused-ring (bicyclic) bond motifs is 3. The molecule has 26 heavy (non-hydrogen) atoms. The van der Waals surface area contributed by atoms with Crippen LogP contribution in [0.5, 0.6) is 5.88 Å². The Morgan fingerprint density at radius 2 is 2.12 bits per heavy atom. The van der Waals surface area contributed by atoms with Gasteiger partial charge in [0.05, 0.1) is 26.0 Å². The number of aromatic nitrogens is 2. The highest BCUT2D eigenvalue weighted by atomic mass is 16.5. The average molecular weight is 356 g/mol. The molecule has 0 radical (unpaired) electrons. The lowest BCUT2D eigenvalue weighted by Gasteiger charge is -2.23. The molecule has 2 aromatic rings. The van der Waals surface area contributed by atoms with E-state index in [-0.39, 0.29) is 5.69 Å². The van der Waals surface area contributed by atoms with E-state index < -0.39 is 0 Å². The standard InChI is InChI=1S/C20H24N2O4/c1-24-19-11-18-17-3-2-15(13-26-12-14-5-8-25-9-6-14)10-16(17)4-7-22(18)20(23)21-19/h2-3,10-11,14H,4-9,12-13H2,1H3. The summed E-state index contributed by atoms with van der Waals surface area (Å²) >= 11 is 0. The van der Waals surface area contributed by atoms with Gasteiger partial charge in [-0.15, -0.1) is 0 Å². The molecule has 0 aliphatic carbocycles. The zero-order valence-corrected chi connectivity index (χ0v) is 15.1. The van der Waals surface area contributed by atoms with Gasteiger partial charge in [-0.25, -0.2) is 4.79 Å². The first-order valence-corrected chi connectivity index (χ1v) is 9.18. The lowest BCUT2D eigenvalue weighted by atomic mass is 9.95. The molecule has 0 spiro atoms. The van der Waals surface area contributed by atoms with Gasteiger partial charge in [-0.3, -0.25) is 4.57 Å². The van der Waals surface area contributed by atoms with Crippen molar-refractivity contribution in [2.45, 2.75) is 32.4 Å². The van der Waals surface area contributed by atoms with E-state index in [4.69, 9.17) is 14.2 Å². The van der Waals surface area contributed by atoms with Gasteiger partial charge in [0.2, 0.25) is 5.88 Å². The Balaban J connectivity index is 1.49. The second kappa shape index (κ2) is 7.60. The quantitative estimate of drug-likeness (QED) is 0.823. The van der Waals surface area contributed by atoms with Crippen LogP contribution in [0.4, 0.5) is 0 Å². The van der Waals surface area contributed by atoms with Crippen LogP contribution in [0.3, 0.4) is 0 Å². The topological polar surface area (TPSA) is 62.6 Å². The van der Waals surface area contributed by atoms with Gasteiger partial charge in [0, 0.05) is 31.4 Å². The van der Waals surface area contributed by atoms with Crippen molar-refractivity contribution in [1.29, 1.82) is 0 Å². The van der Waals surface area contributed by atoms with Crippen molar-refractivity contribution < 1.29 is 14.2 Å². The van der Waals surface area contributed by atoms with E-state index in [2.05, 4.69) is 23.2 Å². The van der Waals surface area contributed by atoms with Gasteiger partial charge in [-0.2, -0.15) is 4.98 Å². The maximum Gasteiger partial charge on any atom is 0.351 e. The van der Waals surface area contributed by atoms with Crippen molar-refractivity contribution in [3.05, 3.63) is 45.9 Å². The number of methoxy groups -OCH3 is 1. The normalized spacial score (nSPS) is 16.8. The molecular formula is C20H24N2O4. The van der Waals surface area contributed by atoms with Crippen LogP contribution >= 0.6 is 0 Å². The largest absolute Gasteiger partial charge is 0.481 e. The van der Waals surface area contributed by atoms with E-state index in [0.29, 0.717) is 24.9 Å². The molecule has 1 aromatic carbocycles. The molecule has 1 fully saturated rings. The molecule has 0 bridgehead atoms. The zero-order chi connectivity index (χ0) is 17.9. The van der Waals surface area contributed by atoms with Crippen LogP contribution in [0.2, 0.25) is 0 Å². The number of rotatable bonds is 5. The monoisotopic (exact) mass is 356 g/mol. The zero-order valence-electron chi connectivity index (χ0n) is 15.1. The van der Waals surface area contributed by atoms with E-state index in [9.17, 15) is 4.79 Å². The minimum Gasteiger partial charge on any atom is -0.481 e. The van der Waals surface area contributed by atoms with Crippen molar-refractivity contribution >= 4 is 0 Å². The van der Waals surface area contributed by atoms with Crippen LogP contribution in [-0.4, -0.2) is 36.5 Å². The summed E-state index contributed by atoms with van der Waals surface area (Å²) in [5.41, 5.74) is 4.10. The number of benzene rings is 1. The van der Waals surface area contributed by atoms with E-state index in [1.54, 1.807) is 4.57 Å². The van der Waals surface area contributed by atoms with Gasteiger partial charge in [-0.1, -0.05) is 18.2 Å². The Morgan fingerprint density at radius 1 is 1.27 bits per heavy atom. The fourth-order valence-electron chi connectivity index (χ4n) is 3.71. The van der Waals surface area contributed by atoms with Crippen LogP contribution < -0.4 is 10.4 Å². The molecule has 4 rings (SSSR count). The average Bonchev–Trinajstić information content (AvgIpc) is 2.68. The Hall–Kier alpha value is -2.18. The molecule has 0 amide bonds. The summed E-state index contributed by atoms with van der Waals surface area (Å²) in [6, 6.07) is 8.18. The van der Waals surface area contributed by atoms with Crippen molar-refractivity contribution in [2.75, 3.05) is 26.9 Å². The molecule has 2 aliphatic rings. The number of aryl methyl sites for hydroxylation is 1. The smallest absolute Gasteiger partial charge is 0.351 e. The maximum atomic E-state index is 12.2. The summed E-state index contributed by atoms with van der Waals surface area (Å²) in [5.74, 6) is 0.970. The Bertz CT molecular complexity index is 840. The van der Waals surface area contributed by atoms with Crippen LogP contribution in [0.15, 0.2) is 29.1 Å². The molecular weight excluding hydrogens is 332 g/mol. The predicted octanol–water partition coefficient (Wildman–Crippen LogP) is 2.42. The fraction of sp³-hybridized carbons (Fsp3) is 0.500. The summed E-state index contributed by atoms with van der Waals surface area (Å²) in [5, 5.41) is 0. The third kappa shape index (κ3) is 3.52. The Morgan fingerprint density at radius 3 is 2.92 bits per heavy atom. The Kier molecular flexibility index (Phi) is 5.04. The highest BCUT2D eigenvalue weighted by Gasteiger charge is 2.19. The van der Waals surface area contributed by atoms with Crippen molar-refractivity contribution in [1.82, 2.24) is 9.55 Å². The second-order valence-corrected chi connectivity index (χ2v) is 6.93. The number of hydrogen-bond acceptors (Lipinski definition) is 5. The molecule has 138 valence electrons. The molecule has 2 aliphatic heterocycles. The summed E-state index contributed by atoms with van der Waals surface area (Å²) in [6.07, 6.45) is 3.00. The van der Waals surface area contributed by atoms with Gasteiger partial charge in [0.25, 0.3) is 0 Å². The molecule has 6 heteroatoms. The van der Waals surface area contributed by atoms with Crippen molar-refractivity contribution in [3.8, 4) is 17.1 Å². The minimum atomic E-state index is -0.256. The maximum absolute atomic E-state index is 12.2. The molecule has 0 unspecified atom stereocenters. The lowest BCUT2D eigenvalue weighted by molar-refractivity contribution is 0.0157. The highest BCUT2D eigenvalue weighted by molar-refractivity contribution is 5.67. The Labute approximate surface area is 152 Å². The first-order chi connectivity index (χ1) is 12.7. The van der Waals surface area contributed by atoms with Crippen LogP contribution in [-0.2, 0) is 29.0 Å².